The van der Waals surface area contributed by atoms with Crippen LogP contribution in [-0.2, 0) is 0 Å². The third kappa shape index (κ3) is 2.25. The predicted octanol–water partition coefficient (Wildman–Crippen LogP) is 2.14. The molecule has 3 nitrogen and oxygen atoms in total. The van der Waals surface area contributed by atoms with Crippen LogP contribution in [0, 0.1) is 17.7 Å². The van der Waals surface area contributed by atoms with E-state index in [1.807, 2.05) is 0 Å². The lowest BCUT2D eigenvalue weighted by atomic mass is 10.0. The Balaban J connectivity index is 2.23. The molecule has 0 saturated carbocycles. The number of nitrogens with two attached hydrogens (primary N) is 1. The Hall–Kier alpha value is -1.58. The van der Waals surface area contributed by atoms with E-state index in [1.165, 1.54) is 18.2 Å². The highest BCUT2D eigenvalue weighted by Gasteiger charge is 2.30. The summed E-state index contributed by atoms with van der Waals surface area (Å²) in [7, 11) is 0. The molecule has 92 valence electrons. The molecule has 17 heavy (non-hydrogen) atoms. The lowest BCUT2D eigenvalue weighted by Crippen LogP contribution is -2.29. The summed E-state index contributed by atoms with van der Waals surface area (Å²) < 4.78 is 13.1. The van der Waals surface area contributed by atoms with Crippen LogP contribution in [0.25, 0.3) is 0 Å². The van der Waals surface area contributed by atoms with Gasteiger partial charge in [0, 0.05) is 18.8 Å². The molecule has 2 unspecified atom stereocenters. The summed E-state index contributed by atoms with van der Waals surface area (Å²) in [6.45, 7) is 5.67. The molecule has 1 amide bonds. The molecule has 4 heteroatoms. The Kier molecular flexibility index (Phi) is 3.05. The third-order valence-corrected chi connectivity index (χ3v) is 3.52. The molecule has 1 saturated heterocycles. The molecule has 0 radical (unpaired) electrons. The fourth-order valence-electron chi connectivity index (χ4n) is 2.18. The molecule has 1 fully saturated rings. The van der Waals surface area contributed by atoms with Crippen LogP contribution in [0.15, 0.2) is 18.2 Å². The van der Waals surface area contributed by atoms with E-state index in [-0.39, 0.29) is 11.5 Å². The topological polar surface area (TPSA) is 46.3 Å². The molecule has 0 aromatic heterocycles. The van der Waals surface area contributed by atoms with Crippen molar-refractivity contribution in [3.8, 4) is 0 Å². The number of nitrogen functional groups attached to an aromatic ring is 1. The normalized spacial score (nSPS) is 24.1. The summed E-state index contributed by atoms with van der Waals surface area (Å²) in [5, 5.41) is 0. The van der Waals surface area contributed by atoms with Gasteiger partial charge in [0.15, 0.2) is 0 Å². The molecule has 1 aliphatic heterocycles. The van der Waals surface area contributed by atoms with Crippen LogP contribution in [0.1, 0.15) is 24.2 Å². The first-order valence-corrected chi connectivity index (χ1v) is 5.83. The van der Waals surface area contributed by atoms with Crippen LogP contribution >= 0.6 is 0 Å². The maximum Gasteiger partial charge on any atom is 0.256 e. The lowest BCUT2D eigenvalue weighted by Gasteiger charge is -2.17. The molecule has 1 aromatic rings. The zero-order valence-corrected chi connectivity index (χ0v) is 10.1. The fourth-order valence-corrected chi connectivity index (χ4v) is 2.18. The quantitative estimate of drug-likeness (QED) is 0.759. The Bertz CT molecular complexity index is 437. The average Bonchev–Trinajstić information content (AvgIpc) is 2.62. The van der Waals surface area contributed by atoms with Gasteiger partial charge in [-0.1, -0.05) is 13.8 Å². The van der Waals surface area contributed by atoms with Crippen molar-refractivity contribution in [1.29, 1.82) is 0 Å². The Morgan fingerprint density at radius 2 is 1.94 bits per heavy atom. The Morgan fingerprint density at radius 3 is 2.53 bits per heavy atom. The molecule has 2 rings (SSSR count). The van der Waals surface area contributed by atoms with E-state index in [9.17, 15) is 9.18 Å². The molecule has 1 aromatic carbocycles. The second-order valence-corrected chi connectivity index (χ2v) is 4.90. The summed E-state index contributed by atoms with van der Waals surface area (Å²) in [4.78, 5) is 13.9. The Labute approximate surface area is 100 Å². The van der Waals surface area contributed by atoms with E-state index in [4.69, 9.17) is 5.73 Å². The van der Waals surface area contributed by atoms with E-state index >= 15 is 0 Å². The number of carbonyl (C=O) groups excluding carboxylic acids is 1. The first-order valence-electron chi connectivity index (χ1n) is 5.83. The molecular formula is C13H17FN2O. The standard InChI is InChI=1S/C13H17FN2O/c1-8-6-16(7-9(8)2)13(17)11-5-10(14)3-4-12(11)15/h3-5,8-9H,6-7,15H2,1-2H3. The number of halogens is 1. The second kappa shape index (κ2) is 4.35. The van der Waals surface area contributed by atoms with Crippen LogP contribution in [0.3, 0.4) is 0 Å². The van der Waals surface area contributed by atoms with Crippen LogP contribution in [0.5, 0.6) is 0 Å². The zero-order chi connectivity index (χ0) is 12.6. The van der Waals surface area contributed by atoms with Crippen molar-refractivity contribution in [2.75, 3.05) is 18.8 Å². The SMILES string of the molecule is CC1CN(C(=O)c2cc(F)ccc2N)CC1C. The van der Waals surface area contributed by atoms with Crippen molar-refractivity contribution in [3.05, 3.63) is 29.6 Å². The number of hydrogen-bond donors (Lipinski definition) is 1. The van der Waals surface area contributed by atoms with E-state index in [0.29, 0.717) is 17.5 Å². The number of carbonyl (C=O) groups is 1. The minimum Gasteiger partial charge on any atom is -0.398 e. The maximum atomic E-state index is 13.1. The van der Waals surface area contributed by atoms with Gasteiger partial charge in [0.05, 0.1) is 5.56 Å². The molecule has 0 bridgehead atoms. The van der Waals surface area contributed by atoms with E-state index in [0.717, 1.165) is 13.1 Å². The summed E-state index contributed by atoms with van der Waals surface area (Å²) in [5.41, 5.74) is 6.32. The smallest absolute Gasteiger partial charge is 0.256 e. The first-order chi connectivity index (χ1) is 7.99. The van der Waals surface area contributed by atoms with Crippen molar-refractivity contribution in [1.82, 2.24) is 4.90 Å². The predicted molar refractivity (Wildman–Crippen MR) is 65.0 cm³/mol. The van der Waals surface area contributed by atoms with Gasteiger partial charge >= 0.3 is 0 Å². The van der Waals surface area contributed by atoms with Gasteiger partial charge in [-0.15, -0.1) is 0 Å². The summed E-state index contributed by atoms with van der Waals surface area (Å²) >= 11 is 0. The fraction of sp³-hybridized carbons (Fsp3) is 0.462. The highest BCUT2D eigenvalue weighted by molar-refractivity contribution is 5.99. The summed E-state index contributed by atoms with van der Waals surface area (Å²) in [6, 6.07) is 3.91. The van der Waals surface area contributed by atoms with Gasteiger partial charge in [0.1, 0.15) is 5.82 Å². The van der Waals surface area contributed by atoms with Crippen molar-refractivity contribution < 1.29 is 9.18 Å². The number of benzene rings is 1. The summed E-state index contributed by atoms with van der Waals surface area (Å²) in [6.07, 6.45) is 0. The molecule has 1 aliphatic rings. The molecule has 1 heterocycles. The number of anilines is 1. The maximum absolute atomic E-state index is 13.1. The van der Waals surface area contributed by atoms with Crippen LogP contribution in [-0.4, -0.2) is 23.9 Å². The number of rotatable bonds is 1. The first kappa shape index (κ1) is 11.9. The number of nitrogens with zero attached hydrogens (tertiary/aromatic N) is 1. The van der Waals surface area contributed by atoms with Crippen molar-refractivity contribution >= 4 is 11.6 Å². The molecule has 0 aliphatic carbocycles. The van der Waals surface area contributed by atoms with E-state index in [1.54, 1.807) is 4.90 Å². The van der Waals surface area contributed by atoms with Gasteiger partial charge in [0.2, 0.25) is 0 Å². The van der Waals surface area contributed by atoms with Gasteiger partial charge in [-0.3, -0.25) is 4.79 Å². The largest absolute Gasteiger partial charge is 0.398 e. The van der Waals surface area contributed by atoms with Crippen LogP contribution in [0.2, 0.25) is 0 Å². The lowest BCUT2D eigenvalue weighted by molar-refractivity contribution is 0.0785. The third-order valence-electron chi connectivity index (χ3n) is 3.52. The molecule has 0 spiro atoms. The number of hydrogen-bond acceptors (Lipinski definition) is 2. The number of amides is 1. The minimum atomic E-state index is -0.428. The van der Waals surface area contributed by atoms with Crippen molar-refractivity contribution in [3.63, 3.8) is 0 Å². The van der Waals surface area contributed by atoms with Gasteiger partial charge in [0.25, 0.3) is 5.91 Å². The van der Waals surface area contributed by atoms with E-state index < -0.39 is 5.82 Å². The van der Waals surface area contributed by atoms with Crippen LogP contribution < -0.4 is 5.73 Å². The van der Waals surface area contributed by atoms with Crippen LogP contribution in [0.4, 0.5) is 10.1 Å². The highest BCUT2D eigenvalue weighted by Crippen LogP contribution is 2.25. The average molecular weight is 236 g/mol. The summed E-state index contributed by atoms with van der Waals surface area (Å²) in [5.74, 6) is 0.364. The van der Waals surface area contributed by atoms with Gasteiger partial charge in [-0.05, 0) is 30.0 Å². The van der Waals surface area contributed by atoms with Gasteiger partial charge in [-0.2, -0.15) is 0 Å². The van der Waals surface area contributed by atoms with Gasteiger partial charge in [-0.25, -0.2) is 4.39 Å². The zero-order valence-electron chi connectivity index (χ0n) is 10.1. The molecular weight excluding hydrogens is 219 g/mol. The molecule has 2 N–H and O–H groups in total. The monoisotopic (exact) mass is 236 g/mol. The van der Waals surface area contributed by atoms with Crippen molar-refractivity contribution in [2.45, 2.75) is 13.8 Å². The number of likely N-dealkylation sites (tertiary alicyclic amines) is 1. The second-order valence-electron chi connectivity index (χ2n) is 4.90. The minimum absolute atomic E-state index is 0.168. The van der Waals surface area contributed by atoms with E-state index in [2.05, 4.69) is 13.8 Å². The van der Waals surface area contributed by atoms with Gasteiger partial charge < -0.3 is 10.6 Å². The molecule has 2 atom stereocenters. The van der Waals surface area contributed by atoms with Crippen molar-refractivity contribution in [2.24, 2.45) is 11.8 Å². The highest BCUT2D eigenvalue weighted by atomic mass is 19.1. The Morgan fingerprint density at radius 1 is 1.35 bits per heavy atom.